The Hall–Kier alpha value is -2.99. The lowest BCUT2D eigenvalue weighted by molar-refractivity contribution is -0.137. The quantitative estimate of drug-likeness (QED) is 0.484. The third-order valence-electron chi connectivity index (χ3n) is 3.99. The van der Waals surface area contributed by atoms with Crippen LogP contribution >= 0.6 is 0 Å². The van der Waals surface area contributed by atoms with E-state index in [1.165, 1.54) is 36.4 Å². The van der Waals surface area contributed by atoms with Crippen LogP contribution in [-0.2, 0) is 19.4 Å². The SMILES string of the molecule is CCOC(=O)C=Cc1cccc2cc(S(=O)(=O)c3cccc(F)c3)ccc12. The highest BCUT2D eigenvalue weighted by atomic mass is 32.2. The van der Waals surface area contributed by atoms with Gasteiger partial charge in [-0.3, -0.25) is 0 Å². The van der Waals surface area contributed by atoms with Crippen molar-refractivity contribution in [2.75, 3.05) is 6.61 Å². The smallest absolute Gasteiger partial charge is 0.330 e. The molecule has 0 atom stereocenters. The van der Waals surface area contributed by atoms with E-state index in [9.17, 15) is 17.6 Å². The predicted molar refractivity (Wildman–Crippen MR) is 101 cm³/mol. The summed E-state index contributed by atoms with van der Waals surface area (Å²) in [5.74, 6) is -1.05. The number of hydrogen-bond donors (Lipinski definition) is 0. The summed E-state index contributed by atoms with van der Waals surface area (Å²) >= 11 is 0. The first kappa shape index (κ1) is 18.8. The average molecular weight is 384 g/mol. The largest absolute Gasteiger partial charge is 0.463 e. The zero-order valence-electron chi connectivity index (χ0n) is 14.6. The lowest BCUT2D eigenvalue weighted by Gasteiger charge is -2.08. The first-order valence-corrected chi connectivity index (χ1v) is 9.78. The third-order valence-corrected chi connectivity index (χ3v) is 5.74. The Balaban J connectivity index is 2.03. The van der Waals surface area contributed by atoms with E-state index in [4.69, 9.17) is 4.74 Å². The Morgan fingerprint density at radius 3 is 2.52 bits per heavy atom. The van der Waals surface area contributed by atoms with E-state index in [1.54, 1.807) is 31.2 Å². The number of rotatable bonds is 5. The van der Waals surface area contributed by atoms with Crippen molar-refractivity contribution < 1.29 is 22.3 Å². The highest BCUT2D eigenvalue weighted by molar-refractivity contribution is 7.91. The molecule has 3 aromatic rings. The van der Waals surface area contributed by atoms with E-state index in [-0.39, 0.29) is 9.79 Å². The number of halogens is 1. The van der Waals surface area contributed by atoms with Gasteiger partial charge in [-0.2, -0.15) is 0 Å². The minimum absolute atomic E-state index is 0.0760. The van der Waals surface area contributed by atoms with Crippen LogP contribution in [0, 0.1) is 5.82 Å². The van der Waals surface area contributed by atoms with Crippen LogP contribution in [0.4, 0.5) is 4.39 Å². The van der Waals surface area contributed by atoms with Crippen LogP contribution in [0.25, 0.3) is 16.8 Å². The maximum absolute atomic E-state index is 13.4. The second kappa shape index (κ2) is 7.72. The Kier molecular flexibility index (Phi) is 5.37. The highest BCUT2D eigenvalue weighted by Gasteiger charge is 2.18. The molecule has 0 aliphatic carbocycles. The number of carbonyl (C=O) groups excluding carboxylic acids is 1. The van der Waals surface area contributed by atoms with Crippen LogP contribution in [0.15, 0.2) is 76.5 Å². The first-order valence-electron chi connectivity index (χ1n) is 8.30. The molecule has 3 aromatic carbocycles. The van der Waals surface area contributed by atoms with Gasteiger partial charge in [0.1, 0.15) is 5.82 Å². The van der Waals surface area contributed by atoms with E-state index < -0.39 is 21.6 Å². The Morgan fingerprint density at radius 1 is 1.04 bits per heavy atom. The van der Waals surface area contributed by atoms with Crippen molar-refractivity contribution >= 4 is 32.7 Å². The molecule has 0 aliphatic rings. The number of benzene rings is 3. The summed E-state index contributed by atoms with van der Waals surface area (Å²) in [5, 5.41) is 1.48. The van der Waals surface area contributed by atoms with Crippen molar-refractivity contribution in [3.05, 3.63) is 78.1 Å². The molecule has 0 aliphatic heterocycles. The van der Waals surface area contributed by atoms with Gasteiger partial charge in [0.05, 0.1) is 16.4 Å². The van der Waals surface area contributed by atoms with Gasteiger partial charge in [-0.25, -0.2) is 17.6 Å². The molecule has 4 nitrogen and oxygen atoms in total. The number of carbonyl (C=O) groups is 1. The summed E-state index contributed by atoms with van der Waals surface area (Å²) < 4.78 is 43.8. The molecular weight excluding hydrogens is 367 g/mol. The molecule has 27 heavy (non-hydrogen) atoms. The summed E-state index contributed by atoms with van der Waals surface area (Å²) in [7, 11) is -3.83. The Bertz CT molecular complexity index is 1130. The fourth-order valence-electron chi connectivity index (χ4n) is 2.72. The summed E-state index contributed by atoms with van der Waals surface area (Å²) in [6, 6.07) is 15.0. The van der Waals surface area contributed by atoms with E-state index >= 15 is 0 Å². The van der Waals surface area contributed by atoms with Crippen molar-refractivity contribution in [1.29, 1.82) is 0 Å². The maximum atomic E-state index is 13.4. The molecule has 0 saturated heterocycles. The molecule has 0 radical (unpaired) electrons. The monoisotopic (exact) mass is 384 g/mol. The van der Waals surface area contributed by atoms with Crippen molar-refractivity contribution in [3.63, 3.8) is 0 Å². The molecule has 0 aromatic heterocycles. The van der Waals surface area contributed by atoms with Crippen LogP contribution < -0.4 is 0 Å². The van der Waals surface area contributed by atoms with Crippen molar-refractivity contribution in [1.82, 2.24) is 0 Å². The van der Waals surface area contributed by atoms with Gasteiger partial charge < -0.3 is 4.74 Å². The molecule has 0 unspecified atom stereocenters. The number of ether oxygens (including phenoxy) is 1. The van der Waals surface area contributed by atoms with Gasteiger partial charge in [0, 0.05) is 6.08 Å². The fraction of sp³-hybridized carbons (Fsp3) is 0.0952. The van der Waals surface area contributed by atoms with Crippen LogP contribution in [-0.4, -0.2) is 21.0 Å². The molecule has 3 rings (SSSR count). The van der Waals surface area contributed by atoms with Crippen molar-refractivity contribution in [2.45, 2.75) is 16.7 Å². The van der Waals surface area contributed by atoms with E-state index in [2.05, 4.69) is 0 Å². The normalized spacial score (nSPS) is 11.8. The topological polar surface area (TPSA) is 60.4 Å². The van der Waals surface area contributed by atoms with Gasteiger partial charge in [0.15, 0.2) is 0 Å². The zero-order chi connectivity index (χ0) is 19.4. The molecular formula is C21H17FO4S. The third kappa shape index (κ3) is 4.06. The van der Waals surface area contributed by atoms with E-state index in [0.29, 0.717) is 12.0 Å². The highest BCUT2D eigenvalue weighted by Crippen LogP contribution is 2.27. The lowest BCUT2D eigenvalue weighted by Crippen LogP contribution is -2.02. The van der Waals surface area contributed by atoms with Crippen LogP contribution in [0.5, 0.6) is 0 Å². The summed E-state index contributed by atoms with van der Waals surface area (Å²) in [5.41, 5.74) is 0.759. The molecule has 0 spiro atoms. The summed E-state index contributed by atoms with van der Waals surface area (Å²) in [6.45, 7) is 2.02. The molecule has 0 bridgehead atoms. The zero-order valence-corrected chi connectivity index (χ0v) is 15.4. The number of hydrogen-bond acceptors (Lipinski definition) is 4. The molecule has 6 heteroatoms. The second-order valence-electron chi connectivity index (χ2n) is 5.78. The van der Waals surface area contributed by atoms with Gasteiger partial charge in [-0.15, -0.1) is 0 Å². The van der Waals surface area contributed by atoms with Gasteiger partial charge in [0.2, 0.25) is 9.84 Å². The van der Waals surface area contributed by atoms with Crippen LogP contribution in [0.2, 0.25) is 0 Å². The lowest BCUT2D eigenvalue weighted by atomic mass is 10.0. The molecule has 0 fully saturated rings. The number of esters is 1. The maximum Gasteiger partial charge on any atom is 0.330 e. The standard InChI is InChI=1S/C21H17FO4S/c1-2-26-21(23)12-9-15-5-3-6-16-13-19(10-11-20(15)16)27(24,25)18-8-4-7-17(22)14-18/h3-14H,2H2,1H3. The van der Waals surface area contributed by atoms with Crippen molar-refractivity contribution in [3.8, 4) is 0 Å². The van der Waals surface area contributed by atoms with E-state index in [1.807, 2.05) is 6.07 Å². The Morgan fingerprint density at radius 2 is 1.78 bits per heavy atom. The molecule has 0 N–H and O–H groups in total. The Labute approximate surface area is 156 Å². The molecule has 0 saturated carbocycles. The molecule has 0 heterocycles. The van der Waals surface area contributed by atoms with E-state index in [0.717, 1.165) is 17.0 Å². The van der Waals surface area contributed by atoms with Gasteiger partial charge in [-0.1, -0.05) is 30.3 Å². The summed E-state index contributed by atoms with van der Waals surface area (Å²) in [4.78, 5) is 11.5. The first-order chi connectivity index (χ1) is 12.9. The average Bonchev–Trinajstić information content (AvgIpc) is 2.66. The van der Waals surface area contributed by atoms with Gasteiger partial charge >= 0.3 is 5.97 Å². The van der Waals surface area contributed by atoms with Gasteiger partial charge in [-0.05, 0) is 59.7 Å². The van der Waals surface area contributed by atoms with Gasteiger partial charge in [0.25, 0.3) is 0 Å². The number of fused-ring (bicyclic) bond motifs is 1. The summed E-state index contributed by atoms with van der Waals surface area (Å²) in [6.07, 6.45) is 2.96. The van der Waals surface area contributed by atoms with Crippen LogP contribution in [0.3, 0.4) is 0 Å². The second-order valence-corrected chi connectivity index (χ2v) is 7.73. The minimum Gasteiger partial charge on any atom is -0.463 e. The number of sulfone groups is 1. The van der Waals surface area contributed by atoms with Crippen molar-refractivity contribution in [2.24, 2.45) is 0 Å². The fourth-order valence-corrected chi connectivity index (χ4v) is 4.04. The predicted octanol–water partition coefficient (Wildman–Crippen LogP) is 4.39. The minimum atomic E-state index is -3.83. The molecule has 0 amide bonds. The molecule has 138 valence electrons. The van der Waals surface area contributed by atoms with Crippen LogP contribution in [0.1, 0.15) is 12.5 Å².